The molecule has 0 aromatic carbocycles. The molecule has 0 radical (unpaired) electrons. The molecule has 1 rings (SSSR count). The molecule has 0 aromatic heterocycles. The van der Waals surface area contributed by atoms with Gasteiger partial charge in [-0.2, -0.15) is 0 Å². The fraction of sp³-hybridized carbons (Fsp3) is 0.833. The Morgan fingerprint density at radius 1 is 1.12 bits per heavy atom. The molecule has 0 atom stereocenters. The van der Waals surface area contributed by atoms with Crippen LogP contribution in [-0.4, -0.2) is 48.9 Å². The van der Waals surface area contributed by atoms with Crippen LogP contribution in [0.15, 0.2) is 0 Å². The van der Waals surface area contributed by atoms with E-state index in [9.17, 15) is 9.59 Å². The molecule has 0 saturated carbocycles. The minimum atomic E-state index is -0.132. The van der Waals surface area contributed by atoms with Gasteiger partial charge in [-0.15, -0.1) is 0 Å². The van der Waals surface area contributed by atoms with Gasteiger partial charge in [0.15, 0.2) is 0 Å². The third kappa shape index (κ3) is 6.26. The number of likely N-dealkylation sites (tertiary alicyclic amines) is 1. The summed E-state index contributed by atoms with van der Waals surface area (Å²) in [6, 6.07) is 0.112. The first-order valence-electron chi connectivity index (χ1n) is 6.36. The van der Waals surface area contributed by atoms with Crippen LogP contribution >= 0.6 is 0 Å². The second-order valence-corrected chi connectivity index (χ2v) is 4.84. The van der Waals surface area contributed by atoms with Crippen molar-refractivity contribution in [2.45, 2.75) is 39.2 Å². The van der Waals surface area contributed by atoms with Crippen LogP contribution in [0.3, 0.4) is 0 Å². The van der Waals surface area contributed by atoms with Crippen molar-refractivity contribution in [3.63, 3.8) is 0 Å². The lowest BCUT2D eigenvalue weighted by molar-refractivity contribution is -0.127. The monoisotopic (exact) mass is 241 g/mol. The van der Waals surface area contributed by atoms with Gasteiger partial charge in [0.25, 0.3) is 0 Å². The number of amides is 2. The van der Waals surface area contributed by atoms with E-state index in [4.69, 9.17) is 0 Å². The zero-order chi connectivity index (χ0) is 12.7. The van der Waals surface area contributed by atoms with Gasteiger partial charge in [0, 0.05) is 6.04 Å². The second-order valence-electron chi connectivity index (χ2n) is 4.84. The quantitative estimate of drug-likeness (QED) is 0.718. The summed E-state index contributed by atoms with van der Waals surface area (Å²) in [4.78, 5) is 25.0. The third-order valence-corrected chi connectivity index (χ3v) is 2.71. The molecule has 0 bridgehead atoms. The number of rotatable bonds is 5. The van der Waals surface area contributed by atoms with Crippen LogP contribution in [0.1, 0.15) is 33.1 Å². The predicted molar refractivity (Wildman–Crippen MR) is 66.6 cm³/mol. The van der Waals surface area contributed by atoms with Gasteiger partial charge in [0.05, 0.1) is 13.1 Å². The largest absolute Gasteiger partial charge is 0.352 e. The van der Waals surface area contributed by atoms with Gasteiger partial charge in [-0.3, -0.25) is 14.5 Å². The zero-order valence-corrected chi connectivity index (χ0v) is 10.8. The molecule has 1 aliphatic heterocycles. The molecule has 5 nitrogen and oxygen atoms in total. The summed E-state index contributed by atoms with van der Waals surface area (Å²) in [5.74, 6) is -0.196. The van der Waals surface area contributed by atoms with E-state index in [1.54, 1.807) is 0 Å². The van der Waals surface area contributed by atoms with Crippen molar-refractivity contribution in [2.75, 3.05) is 26.2 Å². The molecule has 1 heterocycles. The lowest BCUT2D eigenvalue weighted by atomic mass is 10.1. The van der Waals surface area contributed by atoms with Crippen molar-refractivity contribution in [3.05, 3.63) is 0 Å². The van der Waals surface area contributed by atoms with Crippen LogP contribution in [0, 0.1) is 0 Å². The van der Waals surface area contributed by atoms with Crippen molar-refractivity contribution in [2.24, 2.45) is 0 Å². The van der Waals surface area contributed by atoms with Crippen molar-refractivity contribution in [1.29, 1.82) is 0 Å². The Bertz CT molecular complexity index is 260. The molecular formula is C12H23N3O2. The van der Waals surface area contributed by atoms with Gasteiger partial charge >= 0.3 is 0 Å². The average molecular weight is 241 g/mol. The van der Waals surface area contributed by atoms with Gasteiger partial charge in [-0.05, 0) is 39.8 Å². The summed E-state index contributed by atoms with van der Waals surface area (Å²) in [6.45, 7) is 6.26. The molecule has 2 N–H and O–H groups in total. The fourth-order valence-electron chi connectivity index (χ4n) is 1.93. The highest BCUT2D eigenvalue weighted by Crippen LogP contribution is 2.07. The molecule has 0 spiro atoms. The molecule has 2 amide bonds. The average Bonchev–Trinajstić information content (AvgIpc) is 2.27. The minimum absolute atomic E-state index is 0.0641. The third-order valence-electron chi connectivity index (χ3n) is 2.71. The van der Waals surface area contributed by atoms with Crippen LogP contribution in [0.5, 0.6) is 0 Å². The Balaban J connectivity index is 2.14. The summed E-state index contributed by atoms with van der Waals surface area (Å²) >= 11 is 0. The molecule has 1 saturated heterocycles. The maximum atomic E-state index is 11.6. The first-order valence-corrected chi connectivity index (χ1v) is 6.36. The lowest BCUT2D eigenvalue weighted by Crippen LogP contribution is -2.44. The summed E-state index contributed by atoms with van der Waals surface area (Å²) in [6.07, 6.45) is 3.59. The molecule has 1 aliphatic rings. The number of hydrogen-bond acceptors (Lipinski definition) is 3. The minimum Gasteiger partial charge on any atom is -0.352 e. The van der Waals surface area contributed by atoms with Crippen LogP contribution in [0.4, 0.5) is 0 Å². The summed E-state index contributed by atoms with van der Waals surface area (Å²) in [7, 11) is 0. The van der Waals surface area contributed by atoms with E-state index in [0.717, 1.165) is 13.1 Å². The van der Waals surface area contributed by atoms with E-state index in [0.29, 0.717) is 6.54 Å². The second kappa shape index (κ2) is 7.27. The lowest BCUT2D eigenvalue weighted by Gasteiger charge is -2.25. The Labute approximate surface area is 103 Å². The van der Waals surface area contributed by atoms with Gasteiger partial charge in [0.1, 0.15) is 0 Å². The summed E-state index contributed by atoms with van der Waals surface area (Å²) in [5.41, 5.74) is 0. The molecule has 5 heteroatoms. The Morgan fingerprint density at radius 2 is 1.76 bits per heavy atom. The molecule has 0 unspecified atom stereocenters. The van der Waals surface area contributed by atoms with Crippen molar-refractivity contribution >= 4 is 11.8 Å². The van der Waals surface area contributed by atoms with Crippen LogP contribution in [0.2, 0.25) is 0 Å². The number of carbonyl (C=O) groups is 2. The van der Waals surface area contributed by atoms with E-state index >= 15 is 0 Å². The number of carbonyl (C=O) groups excluding carboxylic acids is 2. The fourth-order valence-corrected chi connectivity index (χ4v) is 1.93. The molecule has 0 aromatic rings. The smallest absolute Gasteiger partial charge is 0.239 e. The predicted octanol–water partition coefficient (Wildman–Crippen LogP) is 0.113. The summed E-state index contributed by atoms with van der Waals surface area (Å²) in [5, 5.41) is 5.38. The topological polar surface area (TPSA) is 61.4 Å². The van der Waals surface area contributed by atoms with E-state index in [1.807, 2.05) is 13.8 Å². The van der Waals surface area contributed by atoms with Crippen LogP contribution < -0.4 is 10.6 Å². The van der Waals surface area contributed by atoms with Crippen LogP contribution in [0.25, 0.3) is 0 Å². The number of nitrogens with one attached hydrogen (secondary N) is 2. The SMILES string of the molecule is CC(C)NC(=O)CNC(=O)CN1CCCCC1. The molecule has 98 valence electrons. The van der Waals surface area contributed by atoms with Gasteiger partial charge in [-0.25, -0.2) is 0 Å². The van der Waals surface area contributed by atoms with E-state index < -0.39 is 0 Å². The highest BCUT2D eigenvalue weighted by molar-refractivity contribution is 5.85. The Morgan fingerprint density at radius 3 is 2.35 bits per heavy atom. The number of nitrogens with zero attached hydrogens (tertiary/aromatic N) is 1. The number of hydrogen-bond donors (Lipinski definition) is 2. The molecule has 17 heavy (non-hydrogen) atoms. The summed E-state index contributed by atoms with van der Waals surface area (Å²) < 4.78 is 0. The number of piperidine rings is 1. The van der Waals surface area contributed by atoms with Crippen molar-refractivity contribution in [1.82, 2.24) is 15.5 Å². The Hall–Kier alpha value is -1.10. The maximum absolute atomic E-state index is 11.6. The first kappa shape index (κ1) is 14.0. The highest BCUT2D eigenvalue weighted by atomic mass is 16.2. The van der Waals surface area contributed by atoms with E-state index in [-0.39, 0.29) is 24.4 Å². The van der Waals surface area contributed by atoms with Crippen molar-refractivity contribution in [3.8, 4) is 0 Å². The van der Waals surface area contributed by atoms with E-state index in [1.165, 1.54) is 19.3 Å². The van der Waals surface area contributed by atoms with E-state index in [2.05, 4.69) is 15.5 Å². The van der Waals surface area contributed by atoms with Crippen molar-refractivity contribution < 1.29 is 9.59 Å². The normalized spacial score (nSPS) is 16.9. The standard InChI is InChI=1S/C12H23N3O2/c1-10(2)14-11(16)8-13-12(17)9-15-6-4-3-5-7-15/h10H,3-9H2,1-2H3,(H,13,17)(H,14,16). The van der Waals surface area contributed by atoms with Gasteiger partial charge in [-0.1, -0.05) is 6.42 Å². The van der Waals surface area contributed by atoms with Gasteiger partial charge in [0.2, 0.25) is 11.8 Å². The molecule has 0 aliphatic carbocycles. The Kier molecular flexibility index (Phi) is 5.97. The zero-order valence-electron chi connectivity index (χ0n) is 10.8. The molecule has 1 fully saturated rings. The van der Waals surface area contributed by atoms with Gasteiger partial charge < -0.3 is 10.6 Å². The maximum Gasteiger partial charge on any atom is 0.239 e. The molecular weight excluding hydrogens is 218 g/mol. The highest BCUT2D eigenvalue weighted by Gasteiger charge is 2.14. The van der Waals surface area contributed by atoms with Crippen LogP contribution in [-0.2, 0) is 9.59 Å². The first-order chi connectivity index (χ1) is 8.08.